The molecule has 0 radical (unpaired) electrons. The first-order chi connectivity index (χ1) is 7.17. The summed E-state index contributed by atoms with van der Waals surface area (Å²) in [6.45, 7) is 2.51. The molecule has 0 saturated heterocycles. The van der Waals surface area contributed by atoms with Gasteiger partial charge in [-0.05, 0) is 19.6 Å². The Hall–Kier alpha value is -0.130. The van der Waals surface area contributed by atoms with Gasteiger partial charge in [-0.15, -0.1) is 23.5 Å². The van der Waals surface area contributed by atoms with E-state index in [2.05, 4.69) is 11.4 Å². The Morgan fingerprint density at radius 2 is 2.60 bits per heavy atom. The van der Waals surface area contributed by atoms with Gasteiger partial charge in [-0.2, -0.15) is 0 Å². The fourth-order valence-electron chi connectivity index (χ4n) is 1.36. The molecule has 86 valence electrons. The Morgan fingerprint density at radius 1 is 1.87 bits per heavy atom. The van der Waals surface area contributed by atoms with Crippen molar-refractivity contribution in [3.8, 4) is 0 Å². The first-order valence-electron chi connectivity index (χ1n) is 4.87. The lowest BCUT2D eigenvalue weighted by atomic mass is 10.2. The fourth-order valence-corrected chi connectivity index (χ4v) is 3.20. The molecule has 0 aliphatic carbocycles. The molecule has 2 atom stereocenters. The zero-order valence-electron chi connectivity index (χ0n) is 9.28. The first kappa shape index (κ1) is 12.9. The van der Waals surface area contributed by atoms with Crippen molar-refractivity contribution in [2.24, 2.45) is 0 Å². The molecule has 0 aromatic carbocycles. The predicted octanol–water partition coefficient (Wildman–Crippen LogP) is 1.85. The minimum Gasteiger partial charge on any atom is -0.383 e. The van der Waals surface area contributed by atoms with Gasteiger partial charge < -0.3 is 10.1 Å². The van der Waals surface area contributed by atoms with E-state index in [1.165, 1.54) is 4.24 Å². The van der Waals surface area contributed by atoms with Gasteiger partial charge in [0.2, 0.25) is 5.91 Å². The number of thioether (sulfide) groups is 2. The number of carbonyl (C=O) groups excluding carboxylic acids is 1. The second-order valence-corrected chi connectivity index (χ2v) is 5.79. The molecule has 0 spiro atoms. The Labute approximate surface area is 99.4 Å². The molecular weight excluding hydrogens is 230 g/mol. The Kier molecular flexibility index (Phi) is 5.56. The minimum absolute atomic E-state index is 0.0479. The van der Waals surface area contributed by atoms with Gasteiger partial charge in [-0.1, -0.05) is 6.08 Å². The third-order valence-corrected chi connectivity index (χ3v) is 4.50. The number of allylic oxidation sites excluding steroid dienone is 1. The summed E-state index contributed by atoms with van der Waals surface area (Å²) >= 11 is 3.35. The van der Waals surface area contributed by atoms with Crippen molar-refractivity contribution < 1.29 is 9.53 Å². The molecule has 1 heterocycles. The molecule has 0 fully saturated rings. The van der Waals surface area contributed by atoms with Crippen LogP contribution in [0.5, 0.6) is 0 Å². The molecule has 1 aliphatic rings. The standard InChI is InChI=1S/C10H17NO2S2/c1-7(6-13-2)11-10(12)8-4-5-9(14-3)15-8/h5,7-8H,4,6H2,1-3H3,(H,11,12). The molecule has 1 amide bonds. The third kappa shape index (κ3) is 4.09. The molecule has 2 unspecified atom stereocenters. The minimum atomic E-state index is 0.0479. The molecule has 0 saturated carbocycles. The third-order valence-electron chi connectivity index (χ3n) is 2.06. The van der Waals surface area contributed by atoms with Gasteiger partial charge in [0.05, 0.1) is 11.9 Å². The second-order valence-electron chi connectivity index (χ2n) is 3.43. The van der Waals surface area contributed by atoms with Gasteiger partial charge in [-0.25, -0.2) is 0 Å². The van der Waals surface area contributed by atoms with E-state index >= 15 is 0 Å². The SMILES string of the molecule is COCC(C)NC(=O)C1CC=C(SC)S1. The largest absolute Gasteiger partial charge is 0.383 e. The molecule has 3 nitrogen and oxygen atoms in total. The van der Waals surface area contributed by atoms with Gasteiger partial charge in [0, 0.05) is 17.4 Å². The van der Waals surface area contributed by atoms with Gasteiger partial charge >= 0.3 is 0 Å². The van der Waals surface area contributed by atoms with E-state index in [1.54, 1.807) is 30.6 Å². The van der Waals surface area contributed by atoms with Crippen molar-refractivity contribution in [3.63, 3.8) is 0 Å². The van der Waals surface area contributed by atoms with Crippen molar-refractivity contribution in [1.82, 2.24) is 5.32 Å². The molecule has 15 heavy (non-hydrogen) atoms. The Balaban J connectivity index is 2.31. The summed E-state index contributed by atoms with van der Waals surface area (Å²) in [4.78, 5) is 11.8. The first-order valence-corrected chi connectivity index (χ1v) is 6.98. The number of amides is 1. The molecule has 1 N–H and O–H groups in total. The lowest BCUT2D eigenvalue weighted by molar-refractivity contribution is -0.121. The number of hydrogen-bond donors (Lipinski definition) is 1. The van der Waals surface area contributed by atoms with Crippen LogP contribution in [0.4, 0.5) is 0 Å². The van der Waals surface area contributed by atoms with E-state index in [0.29, 0.717) is 6.61 Å². The number of carbonyl (C=O) groups is 1. The lowest BCUT2D eigenvalue weighted by Crippen LogP contribution is -2.40. The maximum Gasteiger partial charge on any atom is 0.234 e. The smallest absolute Gasteiger partial charge is 0.234 e. The molecule has 1 aliphatic heterocycles. The van der Waals surface area contributed by atoms with Crippen LogP contribution in [0.2, 0.25) is 0 Å². The highest BCUT2D eigenvalue weighted by Crippen LogP contribution is 2.38. The van der Waals surface area contributed by atoms with Crippen LogP contribution < -0.4 is 5.32 Å². The molecule has 5 heteroatoms. The van der Waals surface area contributed by atoms with Crippen molar-refractivity contribution in [2.45, 2.75) is 24.6 Å². The maximum absolute atomic E-state index is 11.8. The highest BCUT2D eigenvalue weighted by molar-refractivity contribution is 8.22. The molecular formula is C10H17NO2S2. The van der Waals surface area contributed by atoms with Gasteiger partial charge in [0.15, 0.2) is 0 Å². The summed E-state index contributed by atoms with van der Waals surface area (Å²) in [5.74, 6) is 0.116. The monoisotopic (exact) mass is 247 g/mol. The second kappa shape index (κ2) is 6.45. The maximum atomic E-state index is 11.8. The van der Waals surface area contributed by atoms with Crippen LogP contribution >= 0.6 is 23.5 Å². The summed E-state index contributed by atoms with van der Waals surface area (Å²) in [7, 11) is 1.64. The lowest BCUT2D eigenvalue weighted by Gasteiger charge is -2.15. The zero-order valence-corrected chi connectivity index (χ0v) is 10.9. The number of nitrogens with one attached hydrogen (secondary N) is 1. The topological polar surface area (TPSA) is 38.3 Å². The molecule has 0 bridgehead atoms. The number of rotatable bonds is 5. The van der Waals surface area contributed by atoms with Crippen LogP contribution in [0.3, 0.4) is 0 Å². The predicted molar refractivity (Wildman–Crippen MR) is 67.1 cm³/mol. The molecule has 0 aromatic heterocycles. The molecule has 1 rings (SSSR count). The summed E-state index contributed by atoms with van der Waals surface area (Å²) in [6, 6.07) is 0.0847. The fraction of sp³-hybridized carbons (Fsp3) is 0.700. The highest BCUT2D eigenvalue weighted by atomic mass is 32.2. The van der Waals surface area contributed by atoms with Crippen LogP contribution in [0.15, 0.2) is 10.3 Å². The number of methoxy groups -OCH3 is 1. The van der Waals surface area contributed by atoms with Gasteiger partial charge in [0.25, 0.3) is 0 Å². The quantitative estimate of drug-likeness (QED) is 0.804. The van der Waals surface area contributed by atoms with Crippen molar-refractivity contribution in [2.75, 3.05) is 20.0 Å². The van der Waals surface area contributed by atoms with Crippen molar-refractivity contribution in [1.29, 1.82) is 0 Å². The van der Waals surface area contributed by atoms with Crippen molar-refractivity contribution in [3.05, 3.63) is 10.3 Å². The van der Waals surface area contributed by atoms with E-state index in [0.717, 1.165) is 6.42 Å². The van der Waals surface area contributed by atoms with E-state index in [4.69, 9.17) is 4.74 Å². The van der Waals surface area contributed by atoms with E-state index in [-0.39, 0.29) is 17.2 Å². The summed E-state index contributed by atoms with van der Waals surface area (Å²) in [5.41, 5.74) is 0. The van der Waals surface area contributed by atoms with E-state index in [1.807, 2.05) is 13.2 Å². The average Bonchev–Trinajstić information content (AvgIpc) is 2.66. The van der Waals surface area contributed by atoms with E-state index < -0.39 is 0 Å². The van der Waals surface area contributed by atoms with Crippen LogP contribution in [0.1, 0.15) is 13.3 Å². The van der Waals surface area contributed by atoms with Crippen LogP contribution in [-0.4, -0.2) is 37.2 Å². The van der Waals surface area contributed by atoms with Crippen molar-refractivity contribution >= 4 is 29.4 Å². The van der Waals surface area contributed by atoms with Crippen LogP contribution in [0, 0.1) is 0 Å². The summed E-state index contributed by atoms with van der Waals surface area (Å²) in [5, 5.41) is 2.99. The summed E-state index contributed by atoms with van der Waals surface area (Å²) in [6.07, 6.45) is 5.00. The average molecular weight is 247 g/mol. The van der Waals surface area contributed by atoms with Crippen LogP contribution in [-0.2, 0) is 9.53 Å². The van der Waals surface area contributed by atoms with Gasteiger partial charge in [0.1, 0.15) is 0 Å². The molecule has 0 aromatic rings. The Morgan fingerprint density at radius 3 is 3.13 bits per heavy atom. The van der Waals surface area contributed by atoms with Crippen LogP contribution in [0.25, 0.3) is 0 Å². The van der Waals surface area contributed by atoms with E-state index in [9.17, 15) is 4.79 Å². The highest BCUT2D eigenvalue weighted by Gasteiger charge is 2.25. The summed E-state index contributed by atoms with van der Waals surface area (Å²) < 4.78 is 6.22. The Bertz CT molecular complexity index is 256. The normalized spacial score (nSPS) is 22.3. The number of ether oxygens (including phenoxy) is 1. The zero-order chi connectivity index (χ0) is 11.3. The number of hydrogen-bond acceptors (Lipinski definition) is 4. The van der Waals surface area contributed by atoms with Gasteiger partial charge in [-0.3, -0.25) is 4.79 Å².